The SMILES string of the molecule is C=CC(=O)N1[C@@H]2CC[C@H]1C[C@H](Oc1cc3c(Nc4ccc(Cl)c(Cl)c4F)ncnc3cc1OCC(F)(F)F)C2. The van der Waals surface area contributed by atoms with Crippen LogP contribution >= 0.6 is 23.2 Å². The number of aromatic nitrogens is 2. The molecule has 2 aromatic carbocycles. The van der Waals surface area contributed by atoms with Gasteiger partial charge in [-0.2, -0.15) is 13.2 Å². The van der Waals surface area contributed by atoms with Crippen LogP contribution in [0, 0.1) is 5.82 Å². The first-order valence-corrected chi connectivity index (χ1v) is 12.8. The molecule has 0 aliphatic carbocycles. The number of ether oxygens (including phenoxy) is 2. The van der Waals surface area contributed by atoms with Gasteiger partial charge in [0.15, 0.2) is 23.9 Å². The van der Waals surface area contributed by atoms with Crippen molar-refractivity contribution >= 4 is 51.5 Å². The first-order valence-electron chi connectivity index (χ1n) is 12.0. The molecule has 3 atom stereocenters. The molecule has 5 rings (SSSR count). The molecule has 3 heterocycles. The monoisotopic (exact) mass is 584 g/mol. The van der Waals surface area contributed by atoms with Gasteiger partial charge < -0.3 is 19.7 Å². The summed E-state index contributed by atoms with van der Waals surface area (Å²) in [6, 6.07) is 5.45. The normalized spacial score (nSPS) is 20.7. The third kappa shape index (κ3) is 5.69. The van der Waals surface area contributed by atoms with E-state index in [-0.39, 0.29) is 62.7 Å². The number of rotatable bonds is 7. The second-order valence-electron chi connectivity index (χ2n) is 9.34. The molecule has 1 amide bonds. The van der Waals surface area contributed by atoms with Crippen LogP contribution in [-0.4, -0.2) is 51.7 Å². The van der Waals surface area contributed by atoms with E-state index in [0.29, 0.717) is 18.2 Å². The number of anilines is 2. The van der Waals surface area contributed by atoms with Crippen molar-refractivity contribution in [1.82, 2.24) is 14.9 Å². The Morgan fingerprint density at radius 3 is 2.54 bits per heavy atom. The topological polar surface area (TPSA) is 76.6 Å². The minimum atomic E-state index is -4.58. The van der Waals surface area contributed by atoms with E-state index in [1.165, 1.54) is 36.7 Å². The van der Waals surface area contributed by atoms with Crippen LogP contribution in [-0.2, 0) is 4.79 Å². The van der Waals surface area contributed by atoms with Crippen molar-refractivity contribution in [2.75, 3.05) is 11.9 Å². The number of fused-ring (bicyclic) bond motifs is 3. The fraction of sp³-hybridized carbons (Fsp3) is 0.346. The average Bonchev–Trinajstić information content (AvgIpc) is 3.17. The summed E-state index contributed by atoms with van der Waals surface area (Å²) in [5, 5.41) is 2.94. The van der Waals surface area contributed by atoms with Gasteiger partial charge in [0.1, 0.15) is 18.2 Å². The number of benzene rings is 2. The van der Waals surface area contributed by atoms with Gasteiger partial charge >= 0.3 is 6.18 Å². The second kappa shape index (κ2) is 10.7. The summed E-state index contributed by atoms with van der Waals surface area (Å²) in [7, 11) is 0. The first-order chi connectivity index (χ1) is 18.5. The highest BCUT2D eigenvalue weighted by atomic mass is 35.5. The molecule has 7 nitrogen and oxygen atoms in total. The van der Waals surface area contributed by atoms with E-state index in [1.807, 2.05) is 0 Å². The van der Waals surface area contributed by atoms with E-state index in [0.717, 1.165) is 12.8 Å². The quantitative estimate of drug-likeness (QED) is 0.186. The highest BCUT2D eigenvalue weighted by Gasteiger charge is 2.43. The zero-order valence-corrected chi connectivity index (χ0v) is 21.8. The number of carbonyl (C=O) groups is 1. The zero-order chi connectivity index (χ0) is 27.9. The van der Waals surface area contributed by atoms with Gasteiger partial charge in [0.2, 0.25) is 5.91 Å². The Morgan fingerprint density at radius 2 is 1.87 bits per heavy atom. The summed E-state index contributed by atoms with van der Waals surface area (Å²) >= 11 is 11.8. The number of alkyl halides is 3. The Labute approximate surface area is 230 Å². The lowest BCUT2D eigenvalue weighted by Gasteiger charge is -2.38. The Hall–Kier alpha value is -3.31. The Bertz CT molecular complexity index is 1420. The number of piperidine rings is 1. The second-order valence-corrected chi connectivity index (χ2v) is 10.1. The number of nitrogens with one attached hydrogen (secondary N) is 1. The molecule has 3 aromatic rings. The molecule has 2 aliphatic heterocycles. The molecule has 1 aromatic heterocycles. The Balaban J connectivity index is 1.49. The minimum Gasteiger partial charge on any atom is -0.486 e. The molecule has 0 spiro atoms. The smallest absolute Gasteiger partial charge is 0.422 e. The van der Waals surface area contributed by atoms with Gasteiger partial charge in [-0.25, -0.2) is 14.4 Å². The van der Waals surface area contributed by atoms with Gasteiger partial charge in [-0.15, -0.1) is 0 Å². The van der Waals surface area contributed by atoms with E-state index in [1.54, 1.807) is 4.90 Å². The summed E-state index contributed by atoms with van der Waals surface area (Å²) < 4.78 is 65.0. The average molecular weight is 585 g/mol. The van der Waals surface area contributed by atoms with Crippen LogP contribution in [0.3, 0.4) is 0 Å². The molecule has 2 aliphatic rings. The Kier molecular flexibility index (Phi) is 7.47. The third-order valence-electron chi connectivity index (χ3n) is 6.79. The number of hydrogen-bond donors (Lipinski definition) is 1. The molecule has 2 bridgehead atoms. The number of carbonyl (C=O) groups excluding carboxylic acids is 1. The molecular formula is C26H22Cl2F4N4O3. The molecule has 0 saturated carbocycles. The summed E-state index contributed by atoms with van der Waals surface area (Å²) in [6.45, 7) is 2.04. The van der Waals surface area contributed by atoms with Gasteiger partial charge in [0, 0.05) is 36.4 Å². The summed E-state index contributed by atoms with van der Waals surface area (Å²) in [4.78, 5) is 22.4. The summed E-state index contributed by atoms with van der Waals surface area (Å²) in [5.74, 6) is -0.887. The van der Waals surface area contributed by atoms with Crippen molar-refractivity contribution in [3.63, 3.8) is 0 Å². The predicted molar refractivity (Wildman–Crippen MR) is 138 cm³/mol. The molecule has 0 radical (unpaired) electrons. The van der Waals surface area contributed by atoms with Gasteiger partial charge in [-0.1, -0.05) is 29.8 Å². The van der Waals surface area contributed by atoms with Crippen LogP contribution < -0.4 is 14.8 Å². The van der Waals surface area contributed by atoms with E-state index in [4.69, 9.17) is 32.7 Å². The number of nitrogens with zero attached hydrogens (tertiary/aromatic N) is 3. The van der Waals surface area contributed by atoms with Crippen molar-refractivity contribution in [3.8, 4) is 11.5 Å². The summed E-state index contributed by atoms with van der Waals surface area (Å²) in [6.07, 6.45) is 0.103. The van der Waals surface area contributed by atoms with Crippen LogP contribution in [0.2, 0.25) is 10.0 Å². The third-order valence-corrected chi connectivity index (χ3v) is 7.57. The van der Waals surface area contributed by atoms with Crippen molar-refractivity contribution in [1.29, 1.82) is 0 Å². The van der Waals surface area contributed by atoms with Gasteiger partial charge in [-0.05, 0) is 37.1 Å². The van der Waals surface area contributed by atoms with Gasteiger partial charge in [0.25, 0.3) is 0 Å². The van der Waals surface area contributed by atoms with Crippen LogP contribution in [0.1, 0.15) is 25.7 Å². The predicted octanol–water partition coefficient (Wildman–Crippen LogP) is 6.85. The maximum atomic E-state index is 14.7. The number of halogens is 6. The fourth-order valence-corrected chi connectivity index (χ4v) is 5.46. The lowest BCUT2D eigenvalue weighted by Crippen LogP contribution is -2.48. The van der Waals surface area contributed by atoms with Gasteiger partial charge in [-0.3, -0.25) is 4.79 Å². The first kappa shape index (κ1) is 27.3. The lowest BCUT2D eigenvalue weighted by molar-refractivity contribution is -0.153. The molecule has 13 heteroatoms. The molecule has 2 fully saturated rings. The van der Waals surface area contributed by atoms with Crippen molar-refractivity contribution in [2.24, 2.45) is 0 Å². The standard InChI is InChI=1S/C26H22Cl2F4N4O3/c1-2-22(37)36-13-3-4-14(36)8-15(7-13)39-21-9-16-19(10-20(21)38-11-26(30,31)32)33-12-34-25(16)35-18-6-5-17(27)23(28)24(18)29/h2,5-6,9-10,12-15H,1,3-4,7-8,11H2,(H,33,34,35)/t13-,14+,15-. The van der Waals surface area contributed by atoms with E-state index in [9.17, 15) is 22.4 Å². The molecule has 1 N–H and O–H groups in total. The number of hydrogen-bond acceptors (Lipinski definition) is 6. The van der Waals surface area contributed by atoms with Crippen molar-refractivity contribution in [3.05, 3.63) is 59.1 Å². The van der Waals surface area contributed by atoms with Crippen LogP contribution in [0.25, 0.3) is 10.9 Å². The Morgan fingerprint density at radius 1 is 1.15 bits per heavy atom. The molecule has 206 valence electrons. The van der Waals surface area contributed by atoms with Crippen molar-refractivity contribution in [2.45, 2.75) is 50.0 Å². The molecule has 39 heavy (non-hydrogen) atoms. The fourth-order valence-electron chi connectivity index (χ4n) is 5.15. The van der Waals surface area contributed by atoms with Crippen molar-refractivity contribution < 1.29 is 31.8 Å². The van der Waals surface area contributed by atoms with E-state index >= 15 is 0 Å². The maximum Gasteiger partial charge on any atom is 0.422 e. The van der Waals surface area contributed by atoms with Gasteiger partial charge in [0.05, 0.1) is 21.2 Å². The van der Waals surface area contributed by atoms with Crippen LogP contribution in [0.4, 0.5) is 29.1 Å². The van der Waals surface area contributed by atoms with Crippen LogP contribution in [0.15, 0.2) is 43.2 Å². The highest BCUT2D eigenvalue weighted by Crippen LogP contribution is 2.41. The maximum absolute atomic E-state index is 14.7. The molecule has 0 unspecified atom stereocenters. The molecular weight excluding hydrogens is 563 g/mol. The van der Waals surface area contributed by atoms with E-state index < -0.39 is 18.6 Å². The van der Waals surface area contributed by atoms with Crippen LogP contribution in [0.5, 0.6) is 11.5 Å². The largest absolute Gasteiger partial charge is 0.486 e. The minimum absolute atomic E-state index is 0.0138. The van der Waals surface area contributed by atoms with E-state index in [2.05, 4.69) is 21.9 Å². The zero-order valence-electron chi connectivity index (χ0n) is 20.3. The molecule has 2 saturated heterocycles. The lowest BCUT2D eigenvalue weighted by atomic mass is 9.99. The number of amides is 1. The highest BCUT2D eigenvalue weighted by molar-refractivity contribution is 6.42. The summed E-state index contributed by atoms with van der Waals surface area (Å²) in [5.41, 5.74) is 0.226.